The monoisotopic (exact) mass is 252 g/mol. The first-order valence-electron chi connectivity index (χ1n) is 6.60. The van der Waals surface area contributed by atoms with E-state index in [1.807, 2.05) is 6.92 Å². The minimum atomic E-state index is -0.698. The SMILES string of the molecule is CCCNc1nccc(NCC(C)(O)CCC)n1. The van der Waals surface area contributed by atoms with Gasteiger partial charge in [-0.1, -0.05) is 20.3 Å². The molecule has 1 atom stereocenters. The summed E-state index contributed by atoms with van der Waals surface area (Å²) in [6.45, 7) is 7.34. The zero-order chi connectivity index (χ0) is 13.4. The summed E-state index contributed by atoms with van der Waals surface area (Å²) in [7, 11) is 0. The summed E-state index contributed by atoms with van der Waals surface area (Å²) in [6.07, 6.45) is 4.47. The summed E-state index contributed by atoms with van der Waals surface area (Å²) in [5.74, 6) is 1.36. The van der Waals surface area contributed by atoms with Crippen LogP contribution in [0.5, 0.6) is 0 Å². The van der Waals surface area contributed by atoms with E-state index >= 15 is 0 Å². The minimum Gasteiger partial charge on any atom is -0.388 e. The van der Waals surface area contributed by atoms with Crippen LogP contribution in [0.1, 0.15) is 40.0 Å². The van der Waals surface area contributed by atoms with Gasteiger partial charge in [0.05, 0.1) is 5.60 Å². The van der Waals surface area contributed by atoms with Crippen molar-refractivity contribution in [3.63, 3.8) is 0 Å². The van der Waals surface area contributed by atoms with Gasteiger partial charge in [-0.2, -0.15) is 4.98 Å². The quantitative estimate of drug-likeness (QED) is 0.662. The highest BCUT2D eigenvalue weighted by molar-refractivity contribution is 5.39. The molecule has 1 rings (SSSR count). The molecule has 0 aliphatic carbocycles. The maximum atomic E-state index is 10.1. The Morgan fingerprint density at radius 2 is 2.06 bits per heavy atom. The van der Waals surface area contributed by atoms with Gasteiger partial charge in [-0.15, -0.1) is 0 Å². The molecular formula is C13H24N4O. The smallest absolute Gasteiger partial charge is 0.224 e. The third kappa shape index (κ3) is 5.31. The van der Waals surface area contributed by atoms with Crippen LogP contribution in [0.15, 0.2) is 12.3 Å². The highest BCUT2D eigenvalue weighted by Crippen LogP contribution is 2.13. The number of nitrogens with one attached hydrogen (secondary N) is 2. The number of aliphatic hydroxyl groups is 1. The maximum Gasteiger partial charge on any atom is 0.224 e. The van der Waals surface area contributed by atoms with E-state index in [-0.39, 0.29) is 0 Å². The Balaban J connectivity index is 2.51. The van der Waals surface area contributed by atoms with E-state index in [1.165, 1.54) is 0 Å². The van der Waals surface area contributed by atoms with E-state index in [0.29, 0.717) is 12.5 Å². The van der Waals surface area contributed by atoms with Gasteiger partial charge in [0.15, 0.2) is 0 Å². The van der Waals surface area contributed by atoms with Gasteiger partial charge in [-0.25, -0.2) is 4.98 Å². The van der Waals surface area contributed by atoms with Crippen molar-refractivity contribution in [3.8, 4) is 0 Å². The van der Waals surface area contributed by atoms with Crippen molar-refractivity contribution in [2.24, 2.45) is 0 Å². The minimum absolute atomic E-state index is 0.491. The molecule has 1 heterocycles. The fourth-order valence-corrected chi connectivity index (χ4v) is 1.69. The summed E-state index contributed by atoms with van der Waals surface area (Å²) in [6, 6.07) is 1.80. The molecule has 0 spiro atoms. The van der Waals surface area contributed by atoms with Crippen LogP contribution in [0.3, 0.4) is 0 Å². The normalized spacial score (nSPS) is 14.0. The molecule has 0 radical (unpaired) electrons. The van der Waals surface area contributed by atoms with Crippen molar-refractivity contribution in [2.75, 3.05) is 23.7 Å². The van der Waals surface area contributed by atoms with Crippen molar-refractivity contribution in [1.82, 2.24) is 9.97 Å². The van der Waals surface area contributed by atoms with Gasteiger partial charge in [0, 0.05) is 19.3 Å². The molecule has 0 fully saturated rings. The number of nitrogens with zero attached hydrogens (tertiary/aromatic N) is 2. The molecule has 102 valence electrons. The predicted octanol–water partition coefficient (Wildman–Crippen LogP) is 2.26. The molecule has 18 heavy (non-hydrogen) atoms. The van der Waals surface area contributed by atoms with E-state index < -0.39 is 5.60 Å². The van der Waals surface area contributed by atoms with E-state index in [4.69, 9.17) is 0 Å². The van der Waals surface area contributed by atoms with Gasteiger partial charge >= 0.3 is 0 Å². The molecule has 0 aliphatic rings. The lowest BCUT2D eigenvalue weighted by Gasteiger charge is -2.23. The Morgan fingerprint density at radius 3 is 2.72 bits per heavy atom. The first-order valence-corrected chi connectivity index (χ1v) is 6.60. The molecule has 0 bridgehead atoms. The van der Waals surface area contributed by atoms with Gasteiger partial charge in [0.25, 0.3) is 0 Å². The fraction of sp³-hybridized carbons (Fsp3) is 0.692. The number of rotatable bonds is 8. The van der Waals surface area contributed by atoms with Gasteiger partial charge in [-0.3, -0.25) is 0 Å². The Kier molecular flexibility index (Phi) is 5.85. The van der Waals surface area contributed by atoms with Gasteiger partial charge in [-0.05, 0) is 25.8 Å². The van der Waals surface area contributed by atoms with Crippen molar-refractivity contribution >= 4 is 11.8 Å². The third-order valence-electron chi connectivity index (χ3n) is 2.63. The number of aromatic nitrogens is 2. The van der Waals surface area contributed by atoms with Gasteiger partial charge in [0.1, 0.15) is 5.82 Å². The van der Waals surface area contributed by atoms with Crippen LogP contribution in [0.4, 0.5) is 11.8 Å². The van der Waals surface area contributed by atoms with Gasteiger partial charge < -0.3 is 15.7 Å². The van der Waals surface area contributed by atoms with E-state index in [2.05, 4.69) is 34.4 Å². The zero-order valence-corrected chi connectivity index (χ0v) is 11.5. The fourth-order valence-electron chi connectivity index (χ4n) is 1.69. The molecule has 0 saturated carbocycles. The lowest BCUT2D eigenvalue weighted by atomic mass is 10.0. The lowest BCUT2D eigenvalue weighted by Crippen LogP contribution is -2.33. The molecule has 0 aromatic carbocycles. The standard InChI is InChI=1S/C13H24N4O/c1-4-7-13(3,18)10-16-11-6-9-15-12(17-11)14-8-5-2/h6,9,18H,4-5,7-8,10H2,1-3H3,(H2,14,15,16,17). The Morgan fingerprint density at radius 1 is 1.28 bits per heavy atom. The molecule has 1 unspecified atom stereocenters. The van der Waals surface area contributed by atoms with Crippen LogP contribution in [0, 0.1) is 0 Å². The molecule has 0 aliphatic heterocycles. The van der Waals surface area contributed by atoms with E-state index in [9.17, 15) is 5.11 Å². The van der Waals surface area contributed by atoms with Crippen molar-refractivity contribution in [2.45, 2.75) is 45.6 Å². The number of hydrogen-bond donors (Lipinski definition) is 3. The summed E-state index contributed by atoms with van der Waals surface area (Å²) in [5, 5.41) is 16.3. The maximum absolute atomic E-state index is 10.1. The van der Waals surface area contributed by atoms with Crippen LogP contribution < -0.4 is 10.6 Å². The van der Waals surface area contributed by atoms with Crippen molar-refractivity contribution < 1.29 is 5.11 Å². The van der Waals surface area contributed by atoms with Crippen LogP contribution in [0.2, 0.25) is 0 Å². The molecule has 3 N–H and O–H groups in total. The summed E-state index contributed by atoms with van der Waals surface area (Å²) in [4.78, 5) is 8.46. The van der Waals surface area contributed by atoms with Gasteiger partial charge in [0.2, 0.25) is 5.95 Å². The van der Waals surface area contributed by atoms with Crippen LogP contribution >= 0.6 is 0 Å². The molecular weight excluding hydrogens is 228 g/mol. The molecule has 1 aromatic heterocycles. The Labute approximate surface area is 109 Å². The van der Waals surface area contributed by atoms with E-state index in [0.717, 1.165) is 31.6 Å². The first-order chi connectivity index (χ1) is 8.57. The highest BCUT2D eigenvalue weighted by Gasteiger charge is 2.18. The molecule has 5 heteroatoms. The van der Waals surface area contributed by atoms with E-state index in [1.54, 1.807) is 12.3 Å². The van der Waals surface area contributed by atoms with Crippen molar-refractivity contribution in [3.05, 3.63) is 12.3 Å². The first kappa shape index (κ1) is 14.7. The summed E-state index contributed by atoms with van der Waals surface area (Å²) in [5.41, 5.74) is -0.698. The number of hydrogen-bond acceptors (Lipinski definition) is 5. The predicted molar refractivity (Wildman–Crippen MR) is 74.8 cm³/mol. The summed E-state index contributed by atoms with van der Waals surface area (Å²) >= 11 is 0. The largest absolute Gasteiger partial charge is 0.388 e. The second-order valence-electron chi connectivity index (χ2n) is 4.79. The van der Waals surface area contributed by atoms with Crippen LogP contribution in [0.25, 0.3) is 0 Å². The summed E-state index contributed by atoms with van der Waals surface area (Å²) < 4.78 is 0. The van der Waals surface area contributed by atoms with Crippen LogP contribution in [-0.2, 0) is 0 Å². The second kappa shape index (κ2) is 7.16. The highest BCUT2D eigenvalue weighted by atomic mass is 16.3. The molecule has 0 saturated heterocycles. The molecule has 5 nitrogen and oxygen atoms in total. The second-order valence-corrected chi connectivity index (χ2v) is 4.79. The zero-order valence-electron chi connectivity index (χ0n) is 11.5. The molecule has 0 amide bonds. The average Bonchev–Trinajstić information content (AvgIpc) is 2.35. The lowest BCUT2D eigenvalue weighted by molar-refractivity contribution is 0.0636. The Bertz CT molecular complexity index is 355. The van der Waals surface area contributed by atoms with Crippen LogP contribution in [-0.4, -0.2) is 33.8 Å². The average molecular weight is 252 g/mol. The topological polar surface area (TPSA) is 70.1 Å². The third-order valence-corrected chi connectivity index (χ3v) is 2.63. The number of anilines is 2. The van der Waals surface area contributed by atoms with Crippen molar-refractivity contribution in [1.29, 1.82) is 0 Å². The molecule has 1 aromatic rings. The Hall–Kier alpha value is -1.36.